The molecule has 0 aliphatic carbocycles. The lowest BCUT2D eigenvalue weighted by Gasteiger charge is -2.37. The number of nitrogens with zero attached hydrogens (tertiary/aromatic N) is 5. The molecule has 0 unspecified atom stereocenters. The highest BCUT2D eigenvalue weighted by Gasteiger charge is 2.27. The molecule has 34 heavy (non-hydrogen) atoms. The number of benzene rings is 2. The van der Waals surface area contributed by atoms with Gasteiger partial charge in [0.25, 0.3) is 5.91 Å². The van der Waals surface area contributed by atoms with Crippen molar-refractivity contribution in [1.82, 2.24) is 19.7 Å². The molecule has 0 bridgehead atoms. The third-order valence-corrected chi connectivity index (χ3v) is 6.72. The molecule has 4 aromatic rings. The Morgan fingerprint density at radius 2 is 1.50 bits per heavy atom. The molecule has 1 fully saturated rings. The zero-order valence-corrected chi connectivity index (χ0v) is 20.6. The fraction of sp³-hybridized carbons (Fsp3) is 0.321. The Morgan fingerprint density at radius 1 is 0.824 bits per heavy atom. The normalized spacial score (nSPS) is 14.1. The van der Waals surface area contributed by atoms with E-state index in [1.807, 2.05) is 41.6 Å². The van der Waals surface area contributed by atoms with Crippen LogP contribution in [0.15, 0.2) is 48.5 Å². The Hall–Kier alpha value is -3.67. The van der Waals surface area contributed by atoms with Crippen LogP contribution < -0.4 is 4.90 Å². The van der Waals surface area contributed by atoms with Gasteiger partial charge in [-0.15, -0.1) is 0 Å². The first-order valence-corrected chi connectivity index (χ1v) is 11.9. The summed E-state index contributed by atoms with van der Waals surface area (Å²) in [4.78, 5) is 22.8. The van der Waals surface area contributed by atoms with Crippen LogP contribution in [0.5, 0.6) is 0 Å². The third-order valence-electron chi connectivity index (χ3n) is 6.72. The van der Waals surface area contributed by atoms with Crippen molar-refractivity contribution in [3.8, 4) is 5.69 Å². The van der Waals surface area contributed by atoms with Gasteiger partial charge in [0.2, 0.25) is 0 Å². The fourth-order valence-corrected chi connectivity index (χ4v) is 4.83. The SMILES string of the molecule is Cc1ccc(-n2nc(C)c3c(C(=O)N4CCN(c5cc(C)ccc5C)CC4)cc(C)nc32)cc1. The van der Waals surface area contributed by atoms with Gasteiger partial charge in [0, 0.05) is 37.6 Å². The molecule has 6 nitrogen and oxygen atoms in total. The van der Waals surface area contributed by atoms with E-state index in [-0.39, 0.29) is 5.91 Å². The highest BCUT2D eigenvalue weighted by molar-refractivity contribution is 6.06. The van der Waals surface area contributed by atoms with Crippen molar-refractivity contribution in [1.29, 1.82) is 0 Å². The summed E-state index contributed by atoms with van der Waals surface area (Å²) in [5, 5.41) is 5.60. The van der Waals surface area contributed by atoms with Crippen molar-refractivity contribution in [2.75, 3.05) is 31.1 Å². The number of hydrogen-bond acceptors (Lipinski definition) is 4. The van der Waals surface area contributed by atoms with E-state index >= 15 is 0 Å². The van der Waals surface area contributed by atoms with Crippen LogP contribution in [0.25, 0.3) is 16.7 Å². The predicted octanol–water partition coefficient (Wildman–Crippen LogP) is 4.93. The van der Waals surface area contributed by atoms with Crippen molar-refractivity contribution in [3.63, 3.8) is 0 Å². The molecule has 3 heterocycles. The van der Waals surface area contributed by atoms with Gasteiger partial charge in [-0.1, -0.05) is 29.8 Å². The third kappa shape index (κ3) is 3.94. The van der Waals surface area contributed by atoms with Crippen molar-refractivity contribution >= 4 is 22.6 Å². The molecular formula is C28H31N5O. The van der Waals surface area contributed by atoms with Gasteiger partial charge in [0.05, 0.1) is 22.3 Å². The Kier molecular flexibility index (Phi) is 5.60. The van der Waals surface area contributed by atoms with Crippen LogP contribution in [0.4, 0.5) is 5.69 Å². The number of rotatable bonds is 3. The first-order valence-electron chi connectivity index (χ1n) is 11.9. The highest BCUT2D eigenvalue weighted by atomic mass is 16.2. The van der Waals surface area contributed by atoms with Gasteiger partial charge in [-0.2, -0.15) is 5.10 Å². The molecule has 6 heteroatoms. The summed E-state index contributed by atoms with van der Waals surface area (Å²) in [5.74, 6) is 0.0580. The summed E-state index contributed by atoms with van der Waals surface area (Å²) in [5.41, 5.74) is 9.01. The standard InChI is InChI=1S/C28H31N5O/c1-18-7-10-23(11-8-18)33-27-26(22(5)30-33)24(17-21(4)29-27)28(34)32-14-12-31(13-15-32)25-16-19(2)6-9-20(25)3/h6-11,16-17H,12-15H2,1-5H3. The second kappa shape index (κ2) is 8.60. The summed E-state index contributed by atoms with van der Waals surface area (Å²) in [6.45, 7) is 13.3. The van der Waals surface area contributed by atoms with E-state index in [0.717, 1.165) is 41.2 Å². The number of aryl methyl sites for hydroxylation is 5. The van der Waals surface area contributed by atoms with Crippen molar-refractivity contribution in [2.45, 2.75) is 34.6 Å². The molecule has 1 aliphatic rings. The van der Waals surface area contributed by atoms with E-state index in [9.17, 15) is 4.79 Å². The topological polar surface area (TPSA) is 54.3 Å². The Bertz CT molecular complexity index is 1380. The number of carbonyl (C=O) groups is 1. The van der Waals surface area contributed by atoms with Crippen LogP contribution in [-0.4, -0.2) is 51.8 Å². The number of carbonyl (C=O) groups excluding carboxylic acids is 1. The molecule has 1 amide bonds. The van der Waals surface area contributed by atoms with Crippen LogP contribution in [0, 0.1) is 34.6 Å². The average Bonchev–Trinajstić information content (AvgIpc) is 3.16. The summed E-state index contributed by atoms with van der Waals surface area (Å²) >= 11 is 0. The molecule has 0 saturated carbocycles. The van der Waals surface area contributed by atoms with Crippen LogP contribution in [0.1, 0.15) is 38.4 Å². The van der Waals surface area contributed by atoms with Gasteiger partial charge >= 0.3 is 0 Å². The van der Waals surface area contributed by atoms with Gasteiger partial charge in [0.15, 0.2) is 5.65 Å². The molecular weight excluding hydrogens is 422 g/mol. The van der Waals surface area contributed by atoms with Gasteiger partial charge in [0.1, 0.15) is 0 Å². The second-order valence-electron chi connectivity index (χ2n) is 9.41. The number of fused-ring (bicyclic) bond motifs is 1. The monoisotopic (exact) mass is 453 g/mol. The quantitative estimate of drug-likeness (QED) is 0.442. The molecule has 1 saturated heterocycles. The van der Waals surface area contributed by atoms with E-state index in [4.69, 9.17) is 10.1 Å². The molecule has 0 radical (unpaired) electrons. The lowest BCUT2D eigenvalue weighted by molar-refractivity contribution is 0.0748. The van der Waals surface area contributed by atoms with Crippen LogP contribution in [-0.2, 0) is 0 Å². The Morgan fingerprint density at radius 3 is 2.21 bits per heavy atom. The summed E-state index contributed by atoms with van der Waals surface area (Å²) < 4.78 is 1.85. The predicted molar refractivity (Wildman–Crippen MR) is 137 cm³/mol. The summed E-state index contributed by atoms with van der Waals surface area (Å²) in [6, 6.07) is 16.7. The maximum atomic E-state index is 13.7. The maximum Gasteiger partial charge on any atom is 0.254 e. The average molecular weight is 454 g/mol. The van der Waals surface area contributed by atoms with E-state index in [1.165, 1.54) is 22.4 Å². The molecule has 0 spiro atoms. The highest BCUT2D eigenvalue weighted by Crippen LogP contribution is 2.27. The zero-order chi connectivity index (χ0) is 24.0. The van der Waals surface area contributed by atoms with E-state index < -0.39 is 0 Å². The number of aromatic nitrogens is 3. The van der Waals surface area contributed by atoms with Crippen molar-refractivity contribution in [2.24, 2.45) is 0 Å². The first kappa shape index (κ1) is 22.1. The van der Waals surface area contributed by atoms with E-state index in [0.29, 0.717) is 18.7 Å². The van der Waals surface area contributed by atoms with Crippen molar-refractivity contribution < 1.29 is 4.79 Å². The fourth-order valence-electron chi connectivity index (χ4n) is 4.83. The van der Waals surface area contributed by atoms with E-state index in [1.54, 1.807) is 0 Å². The summed E-state index contributed by atoms with van der Waals surface area (Å²) in [6.07, 6.45) is 0. The van der Waals surface area contributed by atoms with Gasteiger partial charge in [-0.05, 0) is 70.0 Å². The van der Waals surface area contributed by atoms with E-state index in [2.05, 4.69) is 56.0 Å². The lowest BCUT2D eigenvalue weighted by atomic mass is 10.1. The second-order valence-corrected chi connectivity index (χ2v) is 9.41. The Labute approximate surface area is 200 Å². The molecule has 2 aromatic heterocycles. The molecule has 2 aromatic carbocycles. The molecule has 5 rings (SSSR count). The molecule has 0 atom stereocenters. The molecule has 174 valence electrons. The number of anilines is 1. The van der Waals surface area contributed by atoms with Crippen molar-refractivity contribution in [3.05, 3.63) is 82.2 Å². The minimum absolute atomic E-state index is 0.0580. The largest absolute Gasteiger partial charge is 0.368 e. The minimum atomic E-state index is 0.0580. The number of piperazine rings is 1. The molecule has 0 N–H and O–H groups in total. The Balaban J connectivity index is 1.45. The zero-order valence-electron chi connectivity index (χ0n) is 20.6. The first-order chi connectivity index (χ1) is 16.3. The lowest BCUT2D eigenvalue weighted by Crippen LogP contribution is -2.49. The summed E-state index contributed by atoms with van der Waals surface area (Å²) in [7, 11) is 0. The van der Waals surface area contributed by atoms with Gasteiger partial charge < -0.3 is 9.80 Å². The molecule has 1 aliphatic heterocycles. The smallest absolute Gasteiger partial charge is 0.254 e. The minimum Gasteiger partial charge on any atom is -0.368 e. The van der Waals surface area contributed by atoms with Gasteiger partial charge in [-0.25, -0.2) is 9.67 Å². The van der Waals surface area contributed by atoms with Gasteiger partial charge in [-0.3, -0.25) is 4.79 Å². The van der Waals surface area contributed by atoms with Crippen LogP contribution >= 0.6 is 0 Å². The maximum absolute atomic E-state index is 13.7. The van der Waals surface area contributed by atoms with Crippen LogP contribution in [0.3, 0.4) is 0 Å². The number of hydrogen-bond donors (Lipinski definition) is 0. The van der Waals surface area contributed by atoms with Crippen LogP contribution in [0.2, 0.25) is 0 Å². The number of amides is 1. The number of pyridine rings is 1.